The van der Waals surface area contributed by atoms with Crippen LogP contribution < -0.4 is 0 Å². The Bertz CT molecular complexity index is 861. The summed E-state index contributed by atoms with van der Waals surface area (Å²) in [5.74, 6) is -0.0303. The number of carbonyl (C=O) groups is 2. The topological polar surface area (TPSA) is 134 Å². The van der Waals surface area contributed by atoms with Crippen molar-refractivity contribution in [2.75, 3.05) is 13.2 Å². The monoisotopic (exact) mass is 725 g/mol. The molecule has 1 aliphatic rings. The molecule has 1 rings (SSSR count). The summed E-state index contributed by atoms with van der Waals surface area (Å²) in [6, 6.07) is 0. The maximum atomic E-state index is 12.1. The van der Waals surface area contributed by atoms with Gasteiger partial charge >= 0.3 is 11.9 Å². The number of rotatable bonds is 34. The van der Waals surface area contributed by atoms with Crippen LogP contribution in [0.3, 0.4) is 0 Å². The minimum atomic E-state index is -1.03. The van der Waals surface area contributed by atoms with Crippen LogP contribution in [0.1, 0.15) is 194 Å². The van der Waals surface area contributed by atoms with Gasteiger partial charge in [-0.05, 0) is 37.5 Å². The lowest BCUT2D eigenvalue weighted by Crippen LogP contribution is -2.25. The summed E-state index contributed by atoms with van der Waals surface area (Å²) in [5, 5.41) is 41.2. The van der Waals surface area contributed by atoms with E-state index in [2.05, 4.69) is 20.8 Å². The van der Waals surface area contributed by atoms with Crippen molar-refractivity contribution < 1.29 is 39.5 Å². The van der Waals surface area contributed by atoms with Crippen LogP contribution in [0.25, 0.3) is 0 Å². The average Bonchev–Trinajstić information content (AvgIpc) is 3.37. The van der Waals surface area contributed by atoms with Gasteiger partial charge in [0, 0.05) is 25.2 Å². The van der Waals surface area contributed by atoms with E-state index < -0.39 is 24.4 Å². The summed E-state index contributed by atoms with van der Waals surface area (Å²) in [7, 11) is 0. The number of esters is 2. The van der Waals surface area contributed by atoms with Crippen molar-refractivity contribution in [2.24, 2.45) is 17.8 Å². The smallest absolute Gasteiger partial charge is 0.305 e. The van der Waals surface area contributed by atoms with E-state index in [1.165, 1.54) is 77.0 Å². The van der Waals surface area contributed by atoms with E-state index in [9.17, 15) is 30.0 Å². The van der Waals surface area contributed by atoms with Crippen molar-refractivity contribution in [2.45, 2.75) is 219 Å². The minimum absolute atomic E-state index is 0.0296. The van der Waals surface area contributed by atoms with Gasteiger partial charge in [-0.1, -0.05) is 161 Å². The lowest BCUT2D eigenvalue weighted by atomic mass is 9.88. The summed E-state index contributed by atoms with van der Waals surface area (Å²) in [4.78, 5) is 24.1. The maximum Gasteiger partial charge on any atom is 0.305 e. The van der Waals surface area contributed by atoms with E-state index in [-0.39, 0.29) is 43.4 Å². The molecule has 1 aliphatic carbocycles. The molecule has 51 heavy (non-hydrogen) atoms. The molecule has 0 aliphatic heterocycles. The van der Waals surface area contributed by atoms with E-state index >= 15 is 0 Å². The Morgan fingerprint density at radius 3 is 1.57 bits per heavy atom. The third-order valence-corrected chi connectivity index (χ3v) is 10.5. The predicted octanol–water partition coefficient (Wildman–Crippen LogP) is 9.53. The standard InChI is InChI=1S/C43H80O8/c1-4-5-20-26-36(44)30-31-39-38(40(46)32-41(39)47)27-22-18-19-24-29-43(49)51-34-37(45)33-50-42(48)28-23-17-15-13-11-9-7-6-8-10-12-14-16-21-25-35(2)3/h30-31,35-41,44-47H,4-29,32-34H2,1-3H3/b31-30+/t36-,37+,38+,39+,40-,41+/m0/s1. The van der Waals surface area contributed by atoms with E-state index in [4.69, 9.17) is 9.47 Å². The van der Waals surface area contributed by atoms with Crippen LogP contribution >= 0.6 is 0 Å². The number of aliphatic hydroxyl groups is 4. The molecule has 1 saturated carbocycles. The highest BCUT2D eigenvalue weighted by molar-refractivity contribution is 5.69. The molecule has 0 aromatic carbocycles. The zero-order valence-electron chi connectivity index (χ0n) is 33.1. The van der Waals surface area contributed by atoms with Gasteiger partial charge in [0.1, 0.15) is 19.3 Å². The fourth-order valence-electron chi connectivity index (χ4n) is 7.25. The number of hydrogen-bond acceptors (Lipinski definition) is 8. The highest BCUT2D eigenvalue weighted by Crippen LogP contribution is 2.37. The van der Waals surface area contributed by atoms with Crippen molar-refractivity contribution in [3.63, 3.8) is 0 Å². The van der Waals surface area contributed by atoms with Gasteiger partial charge in [0.25, 0.3) is 0 Å². The zero-order valence-corrected chi connectivity index (χ0v) is 33.1. The first-order valence-corrected chi connectivity index (χ1v) is 21.4. The molecule has 8 nitrogen and oxygen atoms in total. The largest absolute Gasteiger partial charge is 0.463 e. The van der Waals surface area contributed by atoms with Crippen LogP contribution in [0, 0.1) is 17.8 Å². The van der Waals surface area contributed by atoms with Crippen molar-refractivity contribution in [1.82, 2.24) is 0 Å². The quantitative estimate of drug-likeness (QED) is 0.0293. The molecule has 0 aromatic rings. The van der Waals surface area contributed by atoms with Gasteiger partial charge in [-0.2, -0.15) is 0 Å². The minimum Gasteiger partial charge on any atom is -0.463 e. The van der Waals surface area contributed by atoms with E-state index in [1.54, 1.807) is 6.08 Å². The van der Waals surface area contributed by atoms with E-state index in [0.29, 0.717) is 25.7 Å². The predicted molar refractivity (Wildman–Crippen MR) is 207 cm³/mol. The van der Waals surface area contributed by atoms with Crippen LogP contribution in [0.2, 0.25) is 0 Å². The number of carbonyl (C=O) groups excluding carboxylic acids is 2. The van der Waals surface area contributed by atoms with Crippen LogP contribution in [-0.4, -0.2) is 70.0 Å². The average molecular weight is 725 g/mol. The molecular weight excluding hydrogens is 644 g/mol. The highest BCUT2D eigenvalue weighted by Gasteiger charge is 2.39. The van der Waals surface area contributed by atoms with Crippen molar-refractivity contribution in [1.29, 1.82) is 0 Å². The zero-order chi connectivity index (χ0) is 37.5. The second-order valence-electron chi connectivity index (χ2n) is 15.9. The Balaban J connectivity index is 1.97. The first-order chi connectivity index (χ1) is 24.6. The molecule has 1 fully saturated rings. The number of aliphatic hydroxyl groups excluding tert-OH is 4. The molecule has 0 spiro atoms. The van der Waals surface area contributed by atoms with Crippen LogP contribution in [-0.2, 0) is 19.1 Å². The molecule has 0 heterocycles. The molecule has 6 atom stereocenters. The summed E-state index contributed by atoms with van der Waals surface area (Å²) in [6.45, 7) is 6.39. The van der Waals surface area contributed by atoms with Crippen LogP contribution in [0.5, 0.6) is 0 Å². The van der Waals surface area contributed by atoms with Gasteiger partial charge in [-0.25, -0.2) is 0 Å². The van der Waals surface area contributed by atoms with Gasteiger partial charge in [0.2, 0.25) is 0 Å². The molecule has 300 valence electrons. The first kappa shape index (κ1) is 47.5. The Labute approximate surface area is 312 Å². The SMILES string of the molecule is CCCCC[C@H](O)/C=C/[C@@H]1[C@@H](CCCCCCC(=O)OC[C@H](O)COC(=O)CCCCCCCCCCCCCCCCC(C)C)[C@@H](O)C[C@H]1O. The van der Waals surface area contributed by atoms with Crippen molar-refractivity contribution in [3.05, 3.63) is 12.2 Å². The maximum absolute atomic E-state index is 12.1. The molecule has 0 aromatic heterocycles. The summed E-state index contributed by atoms with van der Waals surface area (Å²) in [5.41, 5.74) is 0. The molecule has 0 bridgehead atoms. The summed E-state index contributed by atoms with van der Waals surface area (Å²) < 4.78 is 10.3. The Morgan fingerprint density at radius 1 is 0.627 bits per heavy atom. The normalized spacial score (nSPS) is 20.3. The third-order valence-electron chi connectivity index (χ3n) is 10.5. The van der Waals surface area contributed by atoms with Gasteiger partial charge in [0.05, 0.1) is 18.3 Å². The van der Waals surface area contributed by atoms with Crippen molar-refractivity contribution in [3.8, 4) is 0 Å². The van der Waals surface area contributed by atoms with Crippen molar-refractivity contribution >= 4 is 11.9 Å². The Kier molecular flexibility index (Phi) is 29.8. The van der Waals surface area contributed by atoms with Gasteiger partial charge < -0.3 is 29.9 Å². The number of hydrogen-bond donors (Lipinski definition) is 4. The molecule has 4 N–H and O–H groups in total. The highest BCUT2D eigenvalue weighted by atomic mass is 16.6. The third kappa shape index (κ3) is 26.9. The number of ether oxygens (including phenoxy) is 2. The molecule has 0 unspecified atom stereocenters. The summed E-state index contributed by atoms with van der Waals surface area (Å²) >= 11 is 0. The second-order valence-corrected chi connectivity index (χ2v) is 15.9. The molecule has 0 radical (unpaired) electrons. The Hall–Kier alpha value is -1.48. The van der Waals surface area contributed by atoms with Gasteiger partial charge in [-0.3, -0.25) is 9.59 Å². The molecule has 8 heteroatoms. The number of unbranched alkanes of at least 4 members (excludes halogenated alkanes) is 18. The Morgan fingerprint density at radius 2 is 1.08 bits per heavy atom. The lowest BCUT2D eigenvalue weighted by Gasteiger charge is -2.21. The first-order valence-electron chi connectivity index (χ1n) is 21.4. The van der Waals surface area contributed by atoms with Crippen LogP contribution in [0.4, 0.5) is 0 Å². The fraction of sp³-hybridized carbons (Fsp3) is 0.907. The molecule has 0 saturated heterocycles. The second kappa shape index (κ2) is 32.0. The van der Waals surface area contributed by atoms with E-state index in [0.717, 1.165) is 70.1 Å². The summed E-state index contributed by atoms with van der Waals surface area (Å²) in [6.07, 6.45) is 29.1. The molecular formula is C43H80O8. The lowest BCUT2D eigenvalue weighted by molar-refractivity contribution is -0.152. The van der Waals surface area contributed by atoms with Crippen LogP contribution in [0.15, 0.2) is 12.2 Å². The fourth-order valence-corrected chi connectivity index (χ4v) is 7.25. The van der Waals surface area contributed by atoms with Gasteiger partial charge in [0.15, 0.2) is 0 Å². The van der Waals surface area contributed by atoms with Gasteiger partial charge in [-0.15, -0.1) is 0 Å². The van der Waals surface area contributed by atoms with E-state index in [1.807, 2.05) is 6.08 Å². The molecule has 0 amide bonds.